The van der Waals surface area contributed by atoms with E-state index in [1.165, 1.54) is 29.8 Å². The maximum atomic E-state index is 12.9. The number of carbonyl (C=O) groups is 1. The number of nitrogens with zero attached hydrogens (tertiary/aromatic N) is 1. The molecule has 0 heterocycles. The summed E-state index contributed by atoms with van der Waals surface area (Å²) in [6.07, 6.45) is 6.30. The predicted octanol–water partition coefficient (Wildman–Crippen LogP) is 2.84. The monoisotopic (exact) mass is 364 g/mol. The van der Waals surface area contributed by atoms with Gasteiger partial charge in [-0.25, -0.2) is 8.42 Å². The van der Waals surface area contributed by atoms with Crippen LogP contribution in [-0.4, -0.2) is 32.7 Å². The second-order valence-corrected chi connectivity index (χ2v) is 9.47. The standard InChI is InChI=1S/C19H28N2O3S/c1-4-18(19(22)20-17-12-14-7-8-15(17)11-14)21(25(3,23)24)16-9-5-13(2)6-10-16/h5-6,9-10,14-15,17-18H,4,7-8,11-12H2,1-3H3,(H,20,22)/t14-,15-,17+,18+/m0/s1. The number of carbonyl (C=O) groups excluding carboxylic acids is 1. The molecule has 0 spiro atoms. The molecule has 3 rings (SSSR count). The quantitative estimate of drug-likeness (QED) is 0.844. The van der Waals surface area contributed by atoms with E-state index in [4.69, 9.17) is 0 Å². The third kappa shape index (κ3) is 3.84. The average molecular weight is 365 g/mol. The summed E-state index contributed by atoms with van der Waals surface area (Å²) in [7, 11) is -3.56. The number of rotatable bonds is 6. The van der Waals surface area contributed by atoms with Gasteiger partial charge in [-0.15, -0.1) is 0 Å². The Bertz CT molecular complexity index is 730. The molecule has 2 bridgehead atoms. The van der Waals surface area contributed by atoms with Gasteiger partial charge in [-0.1, -0.05) is 31.0 Å². The lowest BCUT2D eigenvalue weighted by atomic mass is 9.95. The molecule has 1 aromatic carbocycles. The van der Waals surface area contributed by atoms with Gasteiger partial charge in [0.05, 0.1) is 11.9 Å². The van der Waals surface area contributed by atoms with Gasteiger partial charge in [0.2, 0.25) is 15.9 Å². The number of sulfonamides is 1. The molecule has 138 valence electrons. The largest absolute Gasteiger partial charge is 0.351 e. The van der Waals surface area contributed by atoms with E-state index in [0.29, 0.717) is 18.0 Å². The van der Waals surface area contributed by atoms with Crippen molar-refractivity contribution in [3.8, 4) is 0 Å². The summed E-state index contributed by atoms with van der Waals surface area (Å²) in [6, 6.07) is 6.77. The van der Waals surface area contributed by atoms with Gasteiger partial charge in [-0.3, -0.25) is 9.10 Å². The highest BCUT2D eigenvalue weighted by atomic mass is 32.2. The van der Waals surface area contributed by atoms with Crippen LogP contribution in [0.5, 0.6) is 0 Å². The summed E-state index contributed by atoms with van der Waals surface area (Å²) >= 11 is 0. The van der Waals surface area contributed by atoms with E-state index in [1.807, 2.05) is 26.0 Å². The number of benzene rings is 1. The molecule has 4 atom stereocenters. The lowest BCUT2D eigenvalue weighted by molar-refractivity contribution is -0.123. The van der Waals surface area contributed by atoms with Crippen LogP contribution in [0.15, 0.2) is 24.3 Å². The molecular weight excluding hydrogens is 336 g/mol. The third-order valence-corrected chi connectivity index (χ3v) is 6.86. The Balaban J connectivity index is 1.82. The normalized spacial score (nSPS) is 26.4. The van der Waals surface area contributed by atoms with E-state index >= 15 is 0 Å². The van der Waals surface area contributed by atoms with Crippen molar-refractivity contribution in [2.75, 3.05) is 10.6 Å². The van der Waals surface area contributed by atoms with Gasteiger partial charge in [-0.2, -0.15) is 0 Å². The van der Waals surface area contributed by atoms with Gasteiger partial charge in [0.15, 0.2) is 0 Å². The Morgan fingerprint density at radius 2 is 1.92 bits per heavy atom. The van der Waals surface area contributed by atoms with Crippen LogP contribution in [0, 0.1) is 18.8 Å². The molecule has 0 saturated heterocycles. The first-order valence-electron chi connectivity index (χ1n) is 9.16. The van der Waals surface area contributed by atoms with E-state index in [-0.39, 0.29) is 11.9 Å². The van der Waals surface area contributed by atoms with Crippen molar-refractivity contribution in [3.63, 3.8) is 0 Å². The minimum Gasteiger partial charge on any atom is -0.351 e. The lowest BCUT2D eigenvalue weighted by Crippen LogP contribution is -2.52. The van der Waals surface area contributed by atoms with E-state index in [1.54, 1.807) is 12.1 Å². The summed E-state index contributed by atoms with van der Waals surface area (Å²) in [5, 5.41) is 3.15. The van der Waals surface area contributed by atoms with Crippen molar-refractivity contribution in [3.05, 3.63) is 29.8 Å². The number of nitrogens with one attached hydrogen (secondary N) is 1. The Morgan fingerprint density at radius 1 is 1.24 bits per heavy atom. The van der Waals surface area contributed by atoms with Crippen LogP contribution in [0.1, 0.15) is 44.6 Å². The maximum Gasteiger partial charge on any atom is 0.244 e. The Hall–Kier alpha value is -1.56. The second-order valence-electron chi connectivity index (χ2n) is 7.61. The molecule has 1 aromatic rings. The van der Waals surface area contributed by atoms with Crippen molar-refractivity contribution in [1.82, 2.24) is 5.32 Å². The van der Waals surface area contributed by atoms with Crippen molar-refractivity contribution in [2.24, 2.45) is 11.8 Å². The van der Waals surface area contributed by atoms with E-state index in [9.17, 15) is 13.2 Å². The molecule has 1 N–H and O–H groups in total. The Morgan fingerprint density at radius 3 is 2.40 bits per heavy atom. The van der Waals surface area contributed by atoms with Crippen molar-refractivity contribution >= 4 is 21.6 Å². The van der Waals surface area contributed by atoms with Crippen LogP contribution < -0.4 is 9.62 Å². The highest BCUT2D eigenvalue weighted by molar-refractivity contribution is 7.92. The van der Waals surface area contributed by atoms with Crippen molar-refractivity contribution in [1.29, 1.82) is 0 Å². The number of fused-ring (bicyclic) bond motifs is 2. The van der Waals surface area contributed by atoms with E-state index < -0.39 is 16.1 Å². The Labute approximate surface area is 150 Å². The first-order chi connectivity index (χ1) is 11.8. The molecule has 0 aliphatic heterocycles. The fraction of sp³-hybridized carbons (Fsp3) is 0.632. The first-order valence-corrected chi connectivity index (χ1v) is 11.0. The van der Waals surface area contributed by atoms with Gasteiger partial charge >= 0.3 is 0 Å². The smallest absolute Gasteiger partial charge is 0.244 e. The first kappa shape index (κ1) is 18.2. The topological polar surface area (TPSA) is 66.5 Å². The molecule has 0 unspecified atom stereocenters. The molecule has 2 saturated carbocycles. The van der Waals surface area contributed by atoms with Crippen molar-refractivity contribution < 1.29 is 13.2 Å². The Kier molecular flexibility index (Phi) is 5.09. The molecule has 2 fully saturated rings. The number of hydrogen-bond donors (Lipinski definition) is 1. The second kappa shape index (κ2) is 6.98. The summed E-state index contributed by atoms with van der Waals surface area (Å²) in [4.78, 5) is 12.9. The fourth-order valence-electron chi connectivity index (χ4n) is 4.45. The fourth-order valence-corrected chi connectivity index (χ4v) is 5.66. The highest BCUT2D eigenvalue weighted by Gasteiger charge is 2.41. The maximum absolute atomic E-state index is 12.9. The number of anilines is 1. The van der Waals surface area contributed by atoms with Crippen molar-refractivity contribution in [2.45, 2.75) is 58.0 Å². The zero-order chi connectivity index (χ0) is 18.2. The van der Waals surface area contributed by atoms with Crippen LogP contribution in [-0.2, 0) is 14.8 Å². The predicted molar refractivity (Wildman–Crippen MR) is 100.0 cm³/mol. The van der Waals surface area contributed by atoms with E-state index in [0.717, 1.165) is 17.9 Å². The molecule has 0 radical (unpaired) electrons. The highest BCUT2D eigenvalue weighted by Crippen LogP contribution is 2.44. The summed E-state index contributed by atoms with van der Waals surface area (Å²) in [5.74, 6) is 1.13. The van der Waals surface area contributed by atoms with Crippen LogP contribution in [0.2, 0.25) is 0 Å². The molecule has 0 aromatic heterocycles. The lowest BCUT2D eigenvalue weighted by Gasteiger charge is -2.32. The van der Waals surface area contributed by atoms with E-state index in [2.05, 4.69) is 5.32 Å². The summed E-state index contributed by atoms with van der Waals surface area (Å²) < 4.78 is 26.1. The van der Waals surface area contributed by atoms with Gasteiger partial charge in [0.1, 0.15) is 6.04 Å². The van der Waals surface area contributed by atoms with Crippen LogP contribution >= 0.6 is 0 Å². The molecule has 6 heteroatoms. The third-order valence-electron chi connectivity index (χ3n) is 5.68. The zero-order valence-corrected chi connectivity index (χ0v) is 16.1. The molecular formula is C19H28N2O3S. The van der Waals surface area contributed by atoms with Crippen LogP contribution in [0.4, 0.5) is 5.69 Å². The molecule has 1 amide bonds. The molecule has 2 aliphatic rings. The summed E-state index contributed by atoms with van der Waals surface area (Å²) in [5.41, 5.74) is 1.60. The molecule has 2 aliphatic carbocycles. The van der Waals surface area contributed by atoms with Crippen LogP contribution in [0.3, 0.4) is 0 Å². The minimum absolute atomic E-state index is 0.175. The molecule has 25 heavy (non-hydrogen) atoms. The number of hydrogen-bond acceptors (Lipinski definition) is 3. The number of amides is 1. The van der Waals surface area contributed by atoms with Gasteiger partial charge in [-0.05, 0) is 56.6 Å². The van der Waals surface area contributed by atoms with Crippen LogP contribution in [0.25, 0.3) is 0 Å². The zero-order valence-electron chi connectivity index (χ0n) is 15.2. The minimum atomic E-state index is -3.56. The van der Waals surface area contributed by atoms with Gasteiger partial charge in [0, 0.05) is 6.04 Å². The summed E-state index contributed by atoms with van der Waals surface area (Å²) in [6.45, 7) is 3.81. The average Bonchev–Trinajstić information content (AvgIpc) is 3.15. The van der Waals surface area contributed by atoms with Gasteiger partial charge < -0.3 is 5.32 Å². The molecule has 5 nitrogen and oxygen atoms in total. The number of aryl methyl sites for hydroxylation is 1. The van der Waals surface area contributed by atoms with Gasteiger partial charge in [0.25, 0.3) is 0 Å². The SMILES string of the molecule is CC[C@H](C(=O)N[C@@H]1C[C@H]2CC[C@H]1C2)N(c1ccc(C)cc1)S(C)(=O)=O.